The number of ether oxygens (including phenoxy) is 1. The first-order chi connectivity index (χ1) is 11.5. The molecule has 1 heterocycles. The second kappa shape index (κ2) is 8.80. The molecular formula is C18H26N2O4. The van der Waals surface area contributed by atoms with E-state index in [0.29, 0.717) is 31.8 Å². The van der Waals surface area contributed by atoms with Gasteiger partial charge >= 0.3 is 5.97 Å². The van der Waals surface area contributed by atoms with Crippen LogP contribution < -0.4 is 0 Å². The number of aliphatic carboxylic acids is 1. The van der Waals surface area contributed by atoms with E-state index in [0.717, 1.165) is 12.8 Å². The van der Waals surface area contributed by atoms with Gasteiger partial charge in [0.25, 0.3) is 5.91 Å². The van der Waals surface area contributed by atoms with E-state index in [2.05, 4.69) is 6.92 Å². The Morgan fingerprint density at radius 3 is 2.67 bits per heavy atom. The van der Waals surface area contributed by atoms with Crippen LogP contribution in [-0.4, -0.2) is 72.7 Å². The van der Waals surface area contributed by atoms with E-state index in [1.807, 2.05) is 24.3 Å². The molecule has 1 N–H and O–H groups in total. The molecule has 0 radical (unpaired) electrons. The molecule has 0 saturated carbocycles. The quantitative estimate of drug-likeness (QED) is 0.818. The van der Waals surface area contributed by atoms with Gasteiger partial charge in [0.1, 0.15) is 0 Å². The molecule has 0 bridgehead atoms. The number of aryl methyl sites for hydroxylation is 1. The molecule has 6 heteroatoms. The first-order valence-corrected chi connectivity index (χ1v) is 8.39. The van der Waals surface area contributed by atoms with Crippen LogP contribution in [0.5, 0.6) is 0 Å². The van der Waals surface area contributed by atoms with Gasteiger partial charge in [-0.25, -0.2) is 0 Å². The summed E-state index contributed by atoms with van der Waals surface area (Å²) in [5.74, 6) is -0.861. The van der Waals surface area contributed by atoms with E-state index in [4.69, 9.17) is 9.84 Å². The highest BCUT2D eigenvalue weighted by molar-refractivity contribution is 5.94. The van der Waals surface area contributed by atoms with Crippen molar-refractivity contribution in [2.45, 2.75) is 25.9 Å². The number of morpholine rings is 1. The van der Waals surface area contributed by atoms with Gasteiger partial charge in [-0.1, -0.05) is 25.5 Å². The van der Waals surface area contributed by atoms with Crippen molar-refractivity contribution in [1.29, 1.82) is 0 Å². The SMILES string of the molecule is CCCc1ccc(C(=O)N2CCOC(CN(C)CC(=O)O)C2)cc1. The van der Waals surface area contributed by atoms with Crippen LogP contribution in [0.25, 0.3) is 0 Å². The molecule has 2 rings (SSSR count). The Bertz CT molecular complexity index is 559. The lowest BCUT2D eigenvalue weighted by Gasteiger charge is -2.34. The smallest absolute Gasteiger partial charge is 0.317 e. The third-order valence-electron chi connectivity index (χ3n) is 4.09. The van der Waals surface area contributed by atoms with Crippen molar-refractivity contribution >= 4 is 11.9 Å². The monoisotopic (exact) mass is 334 g/mol. The molecular weight excluding hydrogens is 308 g/mol. The third kappa shape index (κ3) is 5.32. The molecule has 0 spiro atoms. The number of hydrogen-bond donors (Lipinski definition) is 1. The number of amides is 1. The Hall–Kier alpha value is -1.92. The van der Waals surface area contributed by atoms with Crippen LogP contribution in [-0.2, 0) is 16.0 Å². The summed E-state index contributed by atoms with van der Waals surface area (Å²) in [5.41, 5.74) is 1.93. The van der Waals surface area contributed by atoms with Gasteiger partial charge in [0.2, 0.25) is 0 Å². The van der Waals surface area contributed by atoms with Crippen molar-refractivity contribution in [3.05, 3.63) is 35.4 Å². The van der Waals surface area contributed by atoms with Crippen LogP contribution in [0.15, 0.2) is 24.3 Å². The van der Waals surface area contributed by atoms with E-state index in [9.17, 15) is 9.59 Å². The van der Waals surface area contributed by atoms with Gasteiger partial charge in [-0.15, -0.1) is 0 Å². The predicted molar refractivity (Wildman–Crippen MR) is 91.2 cm³/mol. The van der Waals surface area contributed by atoms with Gasteiger partial charge in [-0.05, 0) is 31.2 Å². The van der Waals surface area contributed by atoms with Gasteiger partial charge in [0, 0.05) is 25.2 Å². The van der Waals surface area contributed by atoms with Crippen molar-refractivity contribution in [1.82, 2.24) is 9.80 Å². The van der Waals surface area contributed by atoms with Gasteiger partial charge in [0.05, 0.1) is 19.3 Å². The van der Waals surface area contributed by atoms with Crippen LogP contribution in [0, 0.1) is 0 Å². The standard InChI is InChI=1S/C18H26N2O4/c1-3-4-14-5-7-15(8-6-14)18(23)20-9-10-24-16(12-20)11-19(2)13-17(21)22/h5-8,16H,3-4,9-13H2,1-2H3,(H,21,22). The summed E-state index contributed by atoms with van der Waals surface area (Å²) in [6.45, 7) is 4.12. The Labute approximate surface area is 143 Å². The van der Waals surface area contributed by atoms with Gasteiger partial charge in [0.15, 0.2) is 0 Å². The zero-order valence-corrected chi connectivity index (χ0v) is 14.4. The molecule has 1 atom stereocenters. The van der Waals surface area contributed by atoms with E-state index < -0.39 is 5.97 Å². The van der Waals surface area contributed by atoms with Crippen molar-refractivity contribution in [3.63, 3.8) is 0 Å². The second-order valence-electron chi connectivity index (χ2n) is 6.28. The number of hydrogen-bond acceptors (Lipinski definition) is 4. The summed E-state index contributed by atoms with van der Waals surface area (Å²) < 4.78 is 5.67. The molecule has 132 valence electrons. The molecule has 1 fully saturated rings. The molecule has 1 aromatic rings. The van der Waals surface area contributed by atoms with E-state index in [1.165, 1.54) is 5.56 Å². The van der Waals surface area contributed by atoms with Crippen LogP contribution in [0.4, 0.5) is 0 Å². The van der Waals surface area contributed by atoms with Gasteiger partial charge < -0.3 is 14.7 Å². The number of carbonyl (C=O) groups is 2. The Morgan fingerprint density at radius 2 is 2.04 bits per heavy atom. The molecule has 1 saturated heterocycles. The lowest BCUT2D eigenvalue weighted by atomic mass is 10.1. The van der Waals surface area contributed by atoms with Crippen LogP contribution in [0.2, 0.25) is 0 Å². The average Bonchev–Trinajstić information content (AvgIpc) is 2.54. The molecule has 24 heavy (non-hydrogen) atoms. The van der Waals surface area contributed by atoms with Crippen molar-refractivity contribution in [2.75, 3.05) is 39.8 Å². The summed E-state index contributed by atoms with van der Waals surface area (Å²) >= 11 is 0. The lowest BCUT2D eigenvalue weighted by Crippen LogP contribution is -2.49. The maximum absolute atomic E-state index is 12.6. The van der Waals surface area contributed by atoms with E-state index in [-0.39, 0.29) is 18.6 Å². The maximum Gasteiger partial charge on any atom is 0.317 e. The number of carbonyl (C=O) groups excluding carboxylic acids is 1. The van der Waals surface area contributed by atoms with Gasteiger partial charge in [-0.3, -0.25) is 14.5 Å². The zero-order valence-electron chi connectivity index (χ0n) is 14.4. The highest BCUT2D eigenvalue weighted by Crippen LogP contribution is 2.13. The fraction of sp³-hybridized carbons (Fsp3) is 0.556. The van der Waals surface area contributed by atoms with Crippen molar-refractivity contribution < 1.29 is 19.4 Å². The first kappa shape index (κ1) is 18.4. The van der Waals surface area contributed by atoms with Crippen LogP contribution in [0.1, 0.15) is 29.3 Å². The third-order valence-corrected chi connectivity index (χ3v) is 4.09. The molecule has 0 aliphatic carbocycles. The molecule has 1 aliphatic rings. The highest BCUT2D eigenvalue weighted by Gasteiger charge is 2.26. The van der Waals surface area contributed by atoms with E-state index in [1.54, 1.807) is 16.8 Å². The van der Waals surface area contributed by atoms with Crippen LogP contribution in [0.3, 0.4) is 0 Å². The Kier molecular flexibility index (Phi) is 6.75. The fourth-order valence-corrected chi connectivity index (χ4v) is 2.94. The number of carboxylic acid groups (broad SMARTS) is 1. The minimum absolute atomic E-state index is 0.00670. The molecule has 1 aromatic carbocycles. The first-order valence-electron chi connectivity index (χ1n) is 8.39. The van der Waals surface area contributed by atoms with E-state index >= 15 is 0 Å². The van der Waals surface area contributed by atoms with Crippen molar-refractivity contribution in [3.8, 4) is 0 Å². The number of rotatable bonds is 7. The summed E-state index contributed by atoms with van der Waals surface area (Å²) in [6, 6.07) is 7.79. The topological polar surface area (TPSA) is 70.1 Å². The molecule has 1 unspecified atom stereocenters. The fourth-order valence-electron chi connectivity index (χ4n) is 2.94. The number of nitrogens with zero attached hydrogens (tertiary/aromatic N) is 2. The number of benzene rings is 1. The molecule has 1 aliphatic heterocycles. The minimum atomic E-state index is -0.867. The highest BCUT2D eigenvalue weighted by atomic mass is 16.5. The van der Waals surface area contributed by atoms with Crippen LogP contribution >= 0.6 is 0 Å². The average molecular weight is 334 g/mol. The molecule has 0 aromatic heterocycles. The molecule has 1 amide bonds. The summed E-state index contributed by atoms with van der Waals surface area (Å²) in [6.07, 6.45) is 1.94. The van der Waals surface area contributed by atoms with Gasteiger partial charge in [-0.2, -0.15) is 0 Å². The van der Waals surface area contributed by atoms with Crippen molar-refractivity contribution in [2.24, 2.45) is 0 Å². The second-order valence-corrected chi connectivity index (χ2v) is 6.28. The number of carboxylic acids is 1. The Morgan fingerprint density at radius 1 is 1.33 bits per heavy atom. The Balaban J connectivity index is 1.93. The molecule has 6 nitrogen and oxygen atoms in total. The number of likely N-dealkylation sites (N-methyl/N-ethyl adjacent to an activating group) is 1. The lowest BCUT2D eigenvalue weighted by molar-refractivity contribution is -0.138. The summed E-state index contributed by atoms with van der Waals surface area (Å²) in [4.78, 5) is 26.9. The largest absolute Gasteiger partial charge is 0.480 e. The predicted octanol–water partition coefficient (Wildman–Crippen LogP) is 1.50. The zero-order chi connectivity index (χ0) is 17.5. The minimum Gasteiger partial charge on any atom is -0.480 e. The summed E-state index contributed by atoms with van der Waals surface area (Å²) in [7, 11) is 1.74. The normalized spacial score (nSPS) is 18.0. The maximum atomic E-state index is 12.6. The summed E-state index contributed by atoms with van der Waals surface area (Å²) in [5, 5.41) is 8.82.